The summed E-state index contributed by atoms with van der Waals surface area (Å²) in [5.41, 5.74) is 0.994. The van der Waals surface area contributed by atoms with Crippen LogP contribution in [-0.4, -0.2) is 47.1 Å². The number of rotatable bonds is 7. The molecular formula is C16H29N5. The maximum Gasteiger partial charge on any atom is 0.224 e. The molecule has 2 rings (SSSR count). The molecule has 1 saturated heterocycles. The van der Waals surface area contributed by atoms with Crippen LogP contribution in [0.3, 0.4) is 0 Å². The third-order valence-corrected chi connectivity index (χ3v) is 4.06. The van der Waals surface area contributed by atoms with Gasteiger partial charge in [-0.15, -0.1) is 0 Å². The number of hydrogen-bond donors (Lipinski definition) is 2. The maximum absolute atomic E-state index is 4.48. The van der Waals surface area contributed by atoms with Crippen LogP contribution in [0.4, 0.5) is 11.8 Å². The predicted molar refractivity (Wildman–Crippen MR) is 88.9 cm³/mol. The molecule has 1 aromatic heterocycles. The van der Waals surface area contributed by atoms with Crippen molar-refractivity contribution in [2.24, 2.45) is 0 Å². The molecular weight excluding hydrogens is 262 g/mol. The van der Waals surface area contributed by atoms with Gasteiger partial charge in [0, 0.05) is 37.4 Å². The Hall–Kier alpha value is -1.36. The predicted octanol–water partition coefficient (Wildman–Crippen LogP) is 2.89. The number of nitrogens with zero attached hydrogens (tertiary/aromatic N) is 3. The Balaban J connectivity index is 1.75. The fourth-order valence-electron chi connectivity index (χ4n) is 2.88. The average molecular weight is 291 g/mol. The smallest absolute Gasteiger partial charge is 0.224 e. The van der Waals surface area contributed by atoms with E-state index in [0.717, 1.165) is 37.1 Å². The van der Waals surface area contributed by atoms with Crippen molar-refractivity contribution in [3.8, 4) is 0 Å². The summed E-state index contributed by atoms with van der Waals surface area (Å²) in [6.07, 6.45) is 5.26. The van der Waals surface area contributed by atoms with E-state index >= 15 is 0 Å². The number of aromatic nitrogens is 2. The van der Waals surface area contributed by atoms with E-state index in [4.69, 9.17) is 0 Å². The van der Waals surface area contributed by atoms with Crippen molar-refractivity contribution < 1.29 is 0 Å². The SMILES string of the molecule is CCNc1nc(C)cc(NCCCN2CCCCC2C)n1. The van der Waals surface area contributed by atoms with E-state index in [1.54, 1.807) is 0 Å². The summed E-state index contributed by atoms with van der Waals surface area (Å²) >= 11 is 0. The van der Waals surface area contributed by atoms with Crippen LogP contribution in [0.25, 0.3) is 0 Å². The normalized spacial score (nSPS) is 19.5. The van der Waals surface area contributed by atoms with Gasteiger partial charge in [-0.25, -0.2) is 4.98 Å². The van der Waals surface area contributed by atoms with Crippen molar-refractivity contribution in [3.05, 3.63) is 11.8 Å². The second kappa shape index (κ2) is 8.17. The summed E-state index contributed by atoms with van der Waals surface area (Å²) in [5, 5.41) is 6.59. The van der Waals surface area contributed by atoms with Crippen LogP contribution < -0.4 is 10.6 Å². The molecule has 118 valence electrons. The average Bonchev–Trinajstić information content (AvgIpc) is 2.45. The van der Waals surface area contributed by atoms with Crippen LogP contribution in [0.1, 0.15) is 45.2 Å². The summed E-state index contributed by atoms with van der Waals surface area (Å²) in [5.74, 6) is 1.63. The Morgan fingerprint density at radius 2 is 2.14 bits per heavy atom. The molecule has 0 saturated carbocycles. The molecule has 0 radical (unpaired) electrons. The van der Waals surface area contributed by atoms with E-state index in [2.05, 4.69) is 39.3 Å². The zero-order valence-electron chi connectivity index (χ0n) is 13.7. The molecule has 1 unspecified atom stereocenters. The van der Waals surface area contributed by atoms with Crippen molar-refractivity contribution >= 4 is 11.8 Å². The monoisotopic (exact) mass is 291 g/mol. The van der Waals surface area contributed by atoms with Gasteiger partial charge < -0.3 is 15.5 Å². The molecule has 2 N–H and O–H groups in total. The highest BCUT2D eigenvalue weighted by molar-refractivity contribution is 5.41. The van der Waals surface area contributed by atoms with Gasteiger partial charge in [0.15, 0.2) is 0 Å². The highest BCUT2D eigenvalue weighted by Crippen LogP contribution is 2.16. The van der Waals surface area contributed by atoms with Crippen LogP contribution in [0.15, 0.2) is 6.07 Å². The van der Waals surface area contributed by atoms with E-state index in [9.17, 15) is 0 Å². The third-order valence-electron chi connectivity index (χ3n) is 4.06. The summed E-state index contributed by atoms with van der Waals surface area (Å²) in [6.45, 7) is 10.7. The van der Waals surface area contributed by atoms with Crippen molar-refractivity contribution in [1.29, 1.82) is 0 Å². The van der Waals surface area contributed by atoms with Gasteiger partial charge in [0.05, 0.1) is 0 Å². The van der Waals surface area contributed by atoms with E-state index in [-0.39, 0.29) is 0 Å². The van der Waals surface area contributed by atoms with Crippen LogP contribution >= 0.6 is 0 Å². The van der Waals surface area contributed by atoms with Gasteiger partial charge in [-0.05, 0) is 46.6 Å². The van der Waals surface area contributed by atoms with E-state index < -0.39 is 0 Å². The minimum Gasteiger partial charge on any atom is -0.370 e. The van der Waals surface area contributed by atoms with Crippen LogP contribution in [0.2, 0.25) is 0 Å². The summed E-state index contributed by atoms with van der Waals surface area (Å²) in [4.78, 5) is 11.5. The Morgan fingerprint density at radius 1 is 1.29 bits per heavy atom. The molecule has 1 fully saturated rings. The third kappa shape index (κ3) is 5.16. The Bertz CT molecular complexity index is 435. The minimum atomic E-state index is 0.713. The van der Waals surface area contributed by atoms with Gasteiger partial charge in [0.25, 0.3) is 0 Å². The summed E-state index contributed by atoms with van der Waals surface area (Å²) < 4.78 is 0. The van der Waals surface area contributed by atoms with Crippen molar-refractivity contribution in [1.82, 2.24) is 14.9 Å². The van der Waals surface area contributed by atoms with Crippen molar-refractivity contribution in [2.45, 2.75) is 52.5 Å². The topological polar surface area (TPSA) is 53.1 Å². The zero-order chi connectivity index (χ0) is 15.1. The fraction of sp³-hybridized carbons (Fsp3) is 0.750. The molecule has 0 aliphatic carbocycles. The molecule has 0 spiro atoms. The van der Waals surface area contributed by atoms with Crippen molar-refractivity contribution in [2.75, 3.05) is 36.8 Å². The minimum absolute atomic E-state index is 0.713. The zero-order valence-corrected chi connectivity index (χ0v) is 13.7. The first-order chi connectivity index (χ1) is 10.2. The van der Waals surface area contributed by atoms with Gasteiger partial charge in [-0.1, -0.05) is 6.42 Å². The quantitative estimate of drug-likeness (QED) is 0.757. The van der Waals surface area contributed by atoms with Gasteiger partial charge in [0.2, 0.25) is 5.95 Å². The van der Waals surface area contributed by atoms with Gasteiger partial charge >= 0.3 is 0 Å². The first-order valence-corrected chi connectivity index (χ1v) is 8.26. The lowest BCUT2D eigenvalue weighted by Gasteiger charge is -2.33. The number of piperidine rings is 1. The summed E-state index contributed by atoms with van der Waals surface area (Å²) in [6, 6.07) is 2.75. The van der Waals surface area contributed by atoms with Gasteiger partial charge in [-0.3, -0.25) is 0 Å². The maximum atomic E-state index is 4.48. The second-order valence-electron chi connectivity index (χ2n) is 5.91. The Kier molecular flexibility index (Phi) is 6.23. The lowest BCUT2D eigenvalue weighted by molar-refractivity contribution is 0.160. The van der Waals surface area contributed by atoms with E-state index in [0.29, 0.717) is 5.95 Å². The number of anilines is 2. The molecule has 2 heterocycles. The molecule has 5 heteroatoms. The summed E-state index contributed by atoms with van der Waals surface area (Å²) in [7, 11) is 0. The molecule has 1 aliphatic rings. The first-order valence-electron chi connectivity index (χ1n) is 8.26. The standard InChI is InChI=1S/C16H29N5/c1-4-17-16-19-13(2)12-15(20-16)18-9-7-11-21-10-6-5-8-14(21)3/h12,14H,4-11H2,1-3H3,(H2,17,18,19,20). The van der Waals surface area contributed by atoms with Crippen molar-refractivity contribution in [3.63, 3.8) is 0 Å². The van der Waals surface area contributed by atoms with Gasteiger partial charge in [-0.2, -0.15) is 4.98 Å². The second-order valence-corrected chi connectivity index (χ2v) is 5.91. The van der Waals surface area contributed by atoms with E-state index in [1.807, 2.05) is 13.0 Å². The Labute approximate surface area is 128 Å². The molecule has 5 nitrogen and oxygen atoms in total. The van der Waals surface area contributed by atoms with Crippen LogP contribution in [0, 0.1) is 6.92 Å². The number of hydrogen-bond acceptors (Lipinski definition) is 5. The lowest BCUT2D eigenvalue weighted by atomic mass is 10.0. The van der Waals surface area contributed by atoms with Crippen LogP contribution in [-0.2, 0) is 0 Å². The number of nitrogens with one attached hydrogen (secondary N) is 2. The fourth-order valence-corrected chi connectivity index (χ4v) is 2.88. The molecule has 0 amide bonds. The molecule has 1 atom stereocenters. The lowest BCUT2D eigenvalue weighted by Crippen LogP contribution is -2.38. The first kappa shape index (κ1) is 16.0. The largest absolute Gasteiger partial charge is 0.370 e. The molecule has 21 heavy (non-hydrogen) atoms. The van der Waals surface area contributed by atoms with E-state index in [1.165, 1.54) is 32.4 Å². The highest BCUT2D eigenvalue weighted by Gasteiger charge is 2.16. The molecule has 1 aromatic rings. The van der Waals surface area contributed by atoms with Crippen LogP contribution in [0.5, 0.6) is 0 Å². The number of aryl methyl sites for hydroxylation is 1. The molecule has 1 aliphatic heterocycles. The Morgan fingerprint density at radius 3 is 2.90 bits per heavy atom. The van der Waals surface area contributed by atoms with Gasteiger partial charge in [0.1, 0.15) is 5.82 Å². The molecule has 0 aromatic carbocycles. The molecule has 0 bridgehead atoms. The number of likely N-dealkylation sites (tertiary alicyclic amines) is 1. The highest BCUT2D eigenvalue weighted by atomic mass is 15.2.